The maximum atomic E-state index is 9.81. The van der Waals surface area contributed by atoms with Crippen LogP contribution < -0.4 is 0 Å². The molecule has 0 unspecified atom stereocenters. The summed E-state index contributed by atoms with van der Waals surface area (Å²) in [7, 11) is 0. The molecule has 0 aliphatic rings. The summed E-state index contributed by atoms with van der Waals surface area (Å²) in [6.07, 6.45) is 1.81. The Bertz CT molecular complexity index is 226. The van der Waals surface area contributed by atoms with Crippen molar-refractivity contribution in [1.29, 1.82) is 0 Å². The second kappa shape index (κ2) is 7.53. The highest BCUT2D eigenvalue weighted by Gasteiger charge is 1.80. The number of hydrogen-bond donors (Lipinski definition) is 0. The molecule has 0 aliphatic heterocycles. The quantitative estimate of drug-likeness (QED) is 0.679. The zero-order chi connectivity index (χ0) is 10.1. The molecule has 0 bridgehead atoms. The van der Waals surface area contributed by atoms with Gasteiger partial charge in [-0.2, -0.15) is 0 Å². The summed E-state index contributed by atoms with van der Waals surface area (Å²) in [5, 5.41) is 0. The van der Waals surface area contributed by atoms with Gasteiger partial charge in [-0.15, -0.1) is 0 Å². The molecule has 0 heterocycles. The lowest BCUT2D eigenvalue weighted by Gasteiger charge is -1.89. The first-order valence-electron chi connectivity index (χ1n) is 4.74. The molecule has 1 aromatic rings. The number of aryl methyl sites for hydroxylation is 1. The Labute approximate surface area is 80.8 Å². The lowest BCUT2D eigenvalue weighted by atomic mass is 10.2. The topological polar surface area (TPSA) is 17.1 Å². The minimum absolute atomic E-state index is 0.255. The summed E-state index contributed by atoms with van der Waals surface area (Å²) >= 11 is 0. The van der Waals surface area contributed by atoms with E-state index < -0.39 is 0 Å². The molecule has 0 atom stereocenters. The molecule has 0 aromatic heterocycles. The Balaban J connectivity index is 0.000000252. The first-order valence-corrected chi connectivity index (χ1v) is 4.74. The molecule has 1 heteroatoms. The Hall–Kier alpha value is -1.11. The van der Waals surface area contributed by atoms with Crippen LogP contribution in [0, 0.1) is 0 Å². The summed E-state index contributed by atoms with van der Waals surface area (Å²) in [4.78, 5) is 9.81. The van der Waals surface area contributed by atoms with Gasteiger partial charge >= 0.3 is 0 Å². The van der Waals surface area contributed by atoms with Crippen molar-refractivity contribution in [2.75, 3.05) is 0 Å². The van der Waals surface area contributed by atoms with E-state index in [9.17, 15) is 4.79 Å². The number of benzene rings is 1. The van der Waals surface area contributed by atoms with Crippen molar-refractivity contribution in [3.63, 3.8) is 0 Å². The van der Waals surface area contributed by atoms with Crippen molar-refractivity contribution in [3.05, 3.63) is 35.9 Å². The number of carbonyl (C=O) groups is 1. The van der Waals surface area contributed by atoms with Gasteiger partial charge in [0.25, 0.3) is 0 Å². The van der Waals surface area contributed by atoms with Crippen LogP contribution in [0.25, 0.3) is 0 Å². The van der Waals surface area contributed by atoms with Gasteiger partial charge in [-0.3, -0.25) is 0 Å². The lowest BCUT2D eigenvalue weighted by Crippen LogP contribution is -1.80. The second-order valence-electron chi connectivity index (χ2n) is 2.89. The standard InChI is InChI=1S/C8H10.C4H8O/c1-2-8-6-4-3-5-7-8;1-3-4(2)5/h3-7H,2H2,1H3;3H2,1-2H3. The zero-order valence-electron chi connectivity index (χ0n) is 8.71. The molecule has 0 radical (unpaired) electrons. The first kappa shape index (κ1) is 11.9. The van der Waals surface area contributed by atoms with Crippen LogP contribution in [0.1, 0.15) is 32.8 Å². The maximum absolute atomic E-state index is 9.81. The predicted octanol–water partition coefficient (Wildman–Crippen LogP) is 3.23. The van der Waals surface area contributed by atoms with E-state index in [1.165, 1.54) is 5.56 Å². The van der Waals surface area contributed by atoms with E-state index in [0.29, 0.717) is 6.42 Å². The number of Topliss-reactive ketones (excluding diaryl/α,β-unsaturated/α-hetero) is 1. The Morgan fingerprint density at radius 1 is 1.15 bits per heavy atom. The third-order valence-corrected chi connectivity index (χ3v) is 1.75. The SMILES string of the molecule is CCC(C)=O.CCc1ccccc1. The molecule has 72 valence electrons. The van der Waals surface area contributed by atoms with Gasteiger partial charge in [0.2, 0.25) is 0 Å². The van der Waals surface area contributed by atoms with Crippen LogP contribution in [0.3, 0.4) is 0 Å². The van der Waals surface area contributed by atoms with E-state index in [0.717, 1.165) is 6.42 Å². The Kier molecular flexibility index (Phi) is 6.89. The fourth-order valence-electron chi connectivity index (χ4n) is 0.714. The molecular weight excluding hydrogens is 160 g/mol. The van der Waals surface area contributed by atoms with Crippen LogP contribution in [0.2, 0.25) is 0 Å². The number of carbonyl (C=O) groups excluding carboxylic acids is 1. The molecular formula is C12H18O. The van der Waals surface area contributed by atoms with Crippen molar-refractivity contribution in [1.82, 2.24) is 0 Å². The summed E-state index contributed by atoms with van der Waals surface area (Å²) in [6, 6.07) is 10.5. The van der Waals surface area contributed by atoms with Crippen LogP contribution in [-0.4, -0.2) is 5.78 Å². The van der Waals surface area contributed by atoms with Crippen LogP contribution in [0.15, 0.2) is 30.3 Å². The summed E-state index contributed by atoms with van der Waals surface area (Å²) in [5.41, 5.74) is 1.41. The van der Waals surface area contributed by atoms with E-state index in [1.807, 2.05) is 13.0 Å². The Morgan fingerprint density at radius 2 is 1.62 bits per heavy atom. The lowest BCUT2D eigenvalue weighted by molar-refractivity contribution is -0.116. The van der Waals surface area contributed by atoms with E-state index in [4.69, 9.17) is 0 Å². The molecule has 0 saturated carbocycles. The van der Waals surface area contributed by atoms with Gasteiger partial charge in [-0.05, 0) is 18.9 Å². The number of rotatable bonds is 2. The number of ketones is 1. The van der Waals surface area contributed by atoms with Gasteiger partial charge < -0.3 is 4.79 Å². The van der Waals surface area contributed by atoms with E-state index in [-0.39, 0.29) is 5.78 Å². The largest absolute Gasteiger partial charge is 0.300 e. The molecule has 0 N–H and O–H groups in total. The van der Waals surface area contributed by atoms with Crippen LogP contribution in [-0.2, 0) is 11.2 Å². The van der Waals surface area contributed by atoms with E-state index >= 15 is 0 Å². The molecule has 0 fully saturated rings. The van der Waals surface area contributed by atoms with Crippen LogP contribution in [0.5, 0.6) is 0 Å². The highest BCUT2D eigenvalue weighted by Crippen LogP contribution is 1.96. The minimum atomic E-state index is 0.255. The molecule has 1 nitrogen and oxygen atoms in total. The summed E-state index contributed by atoms with van der Waals surface area (Å²) < 4.78 is 0. The average molecular weight is 178 g/mol. The third-order valence-electron chi connectivity index (χ3n) is 1.75. The zero-order valence-corrected chi connectivity index (χ0v) is 8.71. The first-order chi connectivity index (χ1) is 6.20. The monoisotopic (exact) mass is 178 g/mol. The van der Waals surface area contributed by atoms with Gasteiger partial charge in [-0.1, -0.05) is 44.2 Å². The van der Waals surface area contributed by atoms with Crippen molar-refractivity contribution in [2.45, 2.75) is 33.6 Å². The molecule has 0 spiro atoms. The van der Waals surface area contributed by atoms with Gasteiger partial charge in [0.05, 0.1) is 0 Å². The molecule has 1 aromatic carbocycles. The van der Waals surface area contributed by atoms with Gasteiger partial charge in [0.1, 0.15) is 5.78 Å². The summed E-state index contributed by atoms with van der Waals surface area (Å²) in [6.45, 7) is 5.59. The van der Waals surface area contributed by atoms with Crippen LogP contribution >= 0.6 is 0 Å². The van der Waals surface area contributed by atoms with Gasteiger partial charge in [-0.25, -0.2) is 0 Å². The predicted molar refractivity (Wildman–Crippen MR) is 56.8 cm³/mol. The van der Waals surface area contributed by atoms with E-state index in [1.54, 1.807) is 6.92 Å². The van der Waals surface area contributed by atoms with Crippen molar-refractivity contribution in [2.24, 2.45) is 0 Å². The molecule has 0 amide bonds. The molecule has 1 rings (SSSR count). The van der Waals surface area contributed by atoms with Gasteiger partial charge in [0.15, 0.2) is 0 Å². The fraction of sp³-hybridized carbons (Fsp3) is 0.417. The number of hydrogen-bond acceptors (Lipinski definition) is 1. The van der Waals surface area contributed by atoms with Crippen LogP contribution in [0.4, 0.5) is 0 Å². The highest BCUT2D eigenvalue weighted by atomic mass is 16.1. The van der Waals surface area contributed by atoms with Crippen molar-refractivity contribution >= 4 is 5.78 Å². The van der Waals surface area contributed by atoms with E-state index in [2.05, 4.69) is 31.2 Å². The fourth-order valence-corrected chi connectivity index (χ4v) is 0.714. The average Bonchev–Trinajstić information content (AvgIpc) is 2.20. The third kappa shape index (κ3) is 7.26. The molecule has 0 saturated heterocycles. The van der Waals surface area contributed by atoms with Gasteiger partial charge in [0, 0.05) is 6.42 Å². The van der Waals surface area contributed by atoms with Crippen molar-refractivity contribution in [3.8, 4) is 0 Å². The molecule has 13 heavy (non-hydrogen) atoms. The normalized spacial score (nSPS) is 8.54. The summed E-state index contributed by atoms with van der Waals surface area (Å²) in [5.74, 6) is 0.255. The van der Waals surface area contributed by atoms with Crippen molar-refractivity contribution < 1.29 is 4.79 Å². The molecule has 0 aliphatic carbocycles. The second-order valence-corrected chi connectivity index (χ2v) is 2.89. The minimum Gasteiger partial charge on any atom is -0.300 e. The highest BCUT2D eigenvalue weighted by molar-refractivity contribution is 5.74. The Morgan fingerprint density at radius 3 is 1.85 bits per heavy atom. The maximum Gasteiger partial charge on any atom is 0.129 e. The smallest absolute Gasteiger partial charge is 0.129 e.